The van der Waals surface area contributed by atoms with Crippen molar-refractivity contribution in [1.82, 2.24) is 9.55 Å². The van der Waals surface area contributed by atoms with E-state index in [2.05, 4.69) is 15.6 Å². The molecule has 5 nitrogen and oxygen atoms in total. The molecule has 5 rings (SSSR count). The van der Waals surface area contributed by atoms with Crippen molar-refractivity contribution >= 4 is 27.8 Å². The zero-order chi connectivity index (χ0) is 21.2. The van der Waals surface area contributed by atoms with Crippen LogP contribution in [0.1, 0.15) is 21.6 Å². The number of carboxylic acids is 1. The summed E-state index contributed by atoms with van der Waals surface area (Å²) < 4.78 is 7.96. The van der Waals surface area contributed by atoms with Crippen molar-refractivity contribution in [1.29, 1.82) is 0 Å². The Morgan fingerprint density at radius 2 is 1.74 bits per heavy atom. The zero-order valence-electron chi connectivity index (χ0n) is 16.7. The lowest BCUT2D eigenvalue weighted by atomic mass is 10.1. The van der Waals surface area contributed by atoms with E-state index in [0.29, 0.717) is 18.7 Å². The predicted molar refractivity (Wildman–Crippen MR) is 121 cm³/mol. The highest BCUT2D eigenvalue weighted by Gasteiger charge is 2.11. The number of benzene rings is 3. The molecular formula is C26H20N2O3. The molecule has 0 atom stereocenters. The molecule has 0 amide bonds. The molecule has 0 saturated carbocycles. The first-order valence-electron chi connectivity index (χ1n) is 10.0. The summed E-state index contributed by atoms with van der Waals surface area (Å²) in [5.41, 5.74) is 4.18. The zero-order valence-corrected chi connectivity index (χ0v) is 16.7. The second-order valence-electron chi connectivity index (χ2n) is 7.42. The van der Waals surface area contributed by atoms with Crippen LogP contribution in [0.3, 0.4) is 0 Å². The lowest BCUT2D eigenvalue weighted by molar-refractivity contribution is 0.0699. The van der Waals surface area contributed by atoms with E-state index in [-0.39, 0.29) is 0 Å². The number of aromatic carboxylic acids is 1. The van der Waals surface area contributed by atoms with E-state index >= 15 is 0 Å². The highest BCUT2D eigenvalue weighted by Crippen LogP contribution is 2.22. The van der Waals surface area contributed by atoms with Gasteiger partial charge in [-0.2, -0.15) is 0 Å². The molecule has 0 aliphatic carbocycles. The van der Waals surface area contributed by atoms with Gasteiger partial charge in [0.15, 0.2) is 0 Å². The van der Waals surface area contributed by atoms with Gasteiger partial charge in [0.25, 0.3) is 0 Å². The molecule has 0 aliphatic heterocycles. The Kier molecular flexibility index (Phi) is 4.84. The molecule has 5 heteroatoms. The number of para-hydroxylation sites is 1. The van der Waals surface area contributed by atoms with Crippen molar-refractivity contribution in [3.63, 3.8) is 0 Å². The van der Waals surface area contributed by atoms with Crippen molar-refractivity contribution in [2.45, 2.75) is 13.2 Å². The van der Waals surface area contributed by atoms with Gasteiger partial charge in [0.1, 0.15) is 12.4 Å². The summed E-state index contributed by atoms with van der Waals surface area (Å²) >= 11 is 0. The summed E-state index contributed by atoms with van der Waals surface area (Å²) in [6.45, 7) is 1.06. The number of fused-ring (bicyclic) bond motifs is 2. The van der Waals surface area contributed by atoms with E-state index in [0.717, 1.165) is 38.8 Å². The van der Waals surface area contributed by atoms with Gasteiger partial charge in [-0.3, -0.25) is 0 Å². The molecule has 5 aromatic rings. The van der Waals surface area contributed by atoms with Crippen LogP contribution in [-0.2, 0) is 13.2 Å². The second kappa shape index (κ2) is 7.95. The van der Waals surface area contributed by atoms with Gasteiger partial charge >= 0.3 is 5.97 Å². The van der Waals surface area contributed by atoms with Crippen molar-refractivity contribution in [2.75, 3.05) is 0 Å². The Morgan fingerprint density at radius 3 is 2.58 bits per heavy atom. The fourth-order valence-electron chi connectivity index (χ4n) is 3.78. The highest BCUT2D eigenvalue weighted by molar-refractivity contribution is 6.03. The molecule has 0 saturated heterocycles. The van der Waals surface area contributed by atoms with E-state index in [9.17, 15) is 9.90 Å². The maximum atomic E-state index is 11.4. The van der Waals surface area contributed by atoms with E-state index in [1.54, 1.807) is 12.1 Å². The molecule has 31 heavy (non-hydrogen) atoms. The van der Waals surface area contributed by atoms with Crippen LogP contribution in [0.2, 0.25) is 0 Å². The second-order valence-corrected chi connectivity index (χ2v) is 7.42. The van der Waals surface area contributed by atoms with Crippen molar-refractivity contribution in [3.8, 4) is 5.75 Å². The topological polar surface area (TPSA) is 64.3 Å². The molecular weight excluding hydrogens is 388 g/mol. The summed E-state index contributed by atoms with van der Waals surface area (Å²) in [7, 11) is 0. The molecule has 0 spiro atoms. The molecule has 0 radical (unpaired) electrons. The third-order valence-electron chi connectivity index (χ3n) is 5.36. The largest absolute Gasteiger partial charge is 0.487 e. The number of hydrogen-bond acceptors (Lipinski definition) is 3. The first-order valence-corrected chi connectivity index (χ1v) is 10.0. The van der Waals surface area contributed by atoms with Crippen molar-refractivity contribution in [3.05, 3.63) is 108 Å². The molecule has 2 heterocycles. The van der Waals surface area contributed by atoms with Crippen LogP contribution in [0.25, 0.3) is 21.8 Å². The Balaban J connectivity index is 1.28. The lowest BCUT2D eigenvalue weighted by Crippen LogP contribution is -2.01. The normalized spacial score (nSPS) is 11.1. The minimum atomic E-state index is -0.911. The Morgan fingerprint density at radius 1 is 0.903 bits per heavy atom. The SMILES string of the molecule is O=C(O)c1cccc2c1ccn2Cc1ccc(OCc2ccc3ccccc3n2)cc1. The van der Waals surface area contributed by atoms with Crippen LogP contribution in [0.5, 0.6) is 5.75 Å². The first kappa shape index (κ1) is 18.9. The molecule has 0 bridgehead atoms. The van der Waals surface area contributed by atoms with Gasteiger partial charge in [0.05, 0.1) is 16.8 Å². The molecule has 2 aromatic heterocycles. The minimum Gasteiger partial charge on any atom is -0.487 e. The summed E-state index contributed by atoms with van der Waals surface area (Å²) in [4.78, 5) is 16.1. The summed E-state index contributed by atoms with van der Waals surface area (Å²) in [6.07, 6.45) is 1.92. The van der Waals surface area contributed by atoms with Gasteiger partial charge in [0, 0.05) is 29.0 Å². The Labute approximate surface area is 179 Å². The summed E-state index contributed by atoms with van der Waals surface area (Å²) in [5.74, 6) is -0.130. The molecule has 152 valence electrons. The van der Waals surface area contributed by atoms with E-state index in [1.165, 1.54) is 0 Å². The number of pyridine rings is 1. The number of carbonyl (C=O) groups is 1. The van der Waals surface area contributed by atoms with Crippen molar-refractivity contribution in [2.24, 2.45) is 0 Å². The Hall–Kier alpha value is -4.12. The maximum Gasteiger partial charge on any atom is 0.336 e. The van der Waals surface area contributed by atoms with Crippen LogP contribution in [0.15, 0.2) is 91.1 Å². The third-order valence-corrected chi connectivity index (χ3v) is 5.36. The number of hydrogen-bond donors (Lipinski definition) is 1. The number of rotatable bonds is 6. The van der Waals surface area contributed by atoms with Crippen LogP contribution in [0.4, 0.5) is 0 Å². The van der Waals surface area contributed by atoms with E-state index in [1.807, 2.05) is 72.9 Å². The van der Waals surface area contributed by atoms with Gasteiger partial charge in [0.2, 0.25) is 0 Å². The Bertz CT molecular complexity index is 1390. The van der Waals surface area contributed by atoms with Gasteiger partial charge in [-0.05, 0) is 48.0 Å². The summed E-state index contributed by atoms with van der Waals surface area (Å²) in [6, 6.07) is 27.2. The van der Waals surface area contributed by atoms with Gasteiger partial charge in [-0.25, -0.2) is 9.78 Å². The fourth-order valence-corrected chi connectivity index (χ4v) is 3.78. The monoisotopic (exact) mass is 408 g/mol. The number of nitrogens with zero attached hydrogens (tertiary/aromatic N) is 2. The number of aromatic nitrogens is 2. The predicted octanol–water partition coefficient (Wildman–Crippen LogP) is 5.52. The van der Waals surface area contributed by atoms with E-state index < -0.39 is 5.97 Å². The van der Waals surface area contributed by atoms with Crippen LogP contribution < -0.4 is 4.74 Å². The first-order chi connectivity index (χ1) is 15.2. The van der Waals surface area contributed by atoms with Crippen LogP contribution in [-0.4, -0.2) is 20.6 Å². The van der Waals surface area contributed by atoms with Gasteiger partial charge in [-0.1, -0.05) is 42.5 Å². The molecule has 3 aromatic carbocycles. The molecule has 0 aliphatic rings. The average molecular weight is 408 g/mol. The lowest BCUT2D eigenvalue weighted by Gasteiger charge is -2.09. The number of ether oxygens (including phenoxy) is 1. The summed E-state index contributed by atoms with van der Waals surface area (Å²) in [5, 5.41) is 11.2. The third kappa shape index (κ3) is 3.85. The minimum absolute atomic E-state index is 0.322. The number of carboxylic acid groups (broad SMARTS) is 1. The van der Waals surface area contributed by atoms with Gasteiger partial charge < -0.3 is 14.4 Å². The maximum absolute atomic E-state index is 11.4. The molecule has 0 fully saturated rings. The van der Waals surface area contributed by atoms with Crippen LogP contribution >= 0.6 is 0 Å². The smallest absolute Gasteiger partial charge is 0.336 e. The van der Waals surface area contributed by atoms with Gasteiger partial charge in [-0.15, -0.1) is 0 Å². The molecule has 0 unspecified atom stereocenters. The van der Waals surface area contributed by atoms with Crippen LogP contribution in [0, 0.1) is 0 Å². The average Bonchev–Trinajstić information content (AvgIpc) is 3.21. The van der Waals surface area contributed by atoms with E-state index in [4.69, 9.17) is 4.74 Å². The standard InChI is InChI=1S/C26H20N2O3/c29-26(30)23-5-3-7-25-22(23)14-15-28(25)16-18-8-12-21(13-9-18)31-17-20-11-10-19-4-1-2-6-24(19)27-20/h1-15H,16-17H2,(H,29,30). The fraction of sp³-hybridized carbons (Fsp3) is 0.0769. The highest BCUT2D eigenvalue weighted by atomic mass is 16.5. The quantitative estimate of drug-likeness (QED) is 0.402. The van der Waals surface area contributed by atoms with Crippen molar-refractivity contribution < 1.29 is 14.6 Å². The molecule has 1 N–H and O–H groups in total.